The molecule has 1 N–H and O–H groups in total. The van der Waals surface area contributed by atoms with Crippen LogP contribution in [0, 0.1) is 0 Å². The van der Waals surface area contributed by atoms with Crippen LogP contribution < -0.4 is 4.72 Å². The Morgan fingerprint density at radius 1 is 1.09 bits per heavy atom. The highest BCUT2D eigenvalue weighted by Crippen LogP contribution is 2.29. The molecule has 0 aliphatic rings. The van der Waals surface area contributed by atoms with Gasteiger partial charge in [-0.3, -0.25) is 0 Å². The number of nitrogens with one attached hydrogen (secondary N) is 1. The predicted octanol–water partition coefficient (Wildman–Crippen LogP) is 2.38. The standard InChI is InChI=1S/C13H18F3NO4S/c1-3-20-12(21-4-2)9-17-22(18,19)11-7-5-10(6-8-11)13(14,15)16/h5-8,12,17H,3-4,9H2,1-2H3. The lowest BCUT2D eigenvalue weighted by Gasteiger charge is -2.17. The van der Waals surface area contributed by atoms with Gasteiger partial charge in [-0.2, -0.15) is 13.2 Å². The Morgan fingerprint density at radius 3 is 2.00 bits per heavy atom. The average Bonchev–Trinajstić information content (AvgIpc) is 2.44. The van der Waals surface area contributed by atoms with Crippen molar-refractivity contribution in [1.29, 1.82) is 0 Å². The molecule has 0 saturated heterocycles. The monoisotopic (exact) mass is 341 g/mol. The van der Waals surface area contributed by atoms with Crippen LogP contribution in [0.4, 0.5) is 13.2 Å². The summed E-state index contributed by atoms with van der Waals surface area (Å²) < 4.78 is 73.9. The number of ether oxygens (including phenoxy) is 2. The number of hydrogen-bond donors (Lipinski definition) is 1. The minimum absolute atomic E-state index is 0.134. The van der Waals surface area contributed by atoms with Crippen LogP contribution in [0.2, 0.25) is 0 Å². The molecule has 5 nitrogen and oxygen atoms in total. The van der Waals surface area contributed by atoms with Crippen molar-refractivity contribution in [2.24, 2.45) is 0 Å². The van der Waals surface area contributed by atoms with Crippen LogP contribution in [0.25, 0.3) is 0 Å². The smallest absolute Gasteiger partial charge is 0.352 e. The maximum Gasteiger partial charge on any atom is 0.416 e. The van der Waals surface area contributed by atoms with Gasteiger partial charge in [0.15, 0.2) is 6.29 Å². The molecular weight excluding hydrogens is 323 g/mol. The predicted molar refractivity (Wildman–Crippen MR) is 73.7 cm³/mol. The van der Waals surface area contributed by atoms with E-state index in [1.54, 1.807) is 13.8 Å². The Morgan fingerprint density at radius 2 is 1.59 bits per heavy atom. The molecule has 1 rings (SSSR count). The van der Waals surface area contributed by atoms with Crippen LogP contribution in [0.5, 0.6) is 0 Å². The summed E-state index contributed by atoms with van der Waals surface area (Å²) in [6.07, 6.45) is -5.26. The van der Waals surface area contributed by atoms with Crippen molar-refractivity contribution < 1.29 is 31.1 Å². The summed E-state index contributed by atoms with van der Waals surface area (Å²) in [5.41, 5.74) is -0.909. The third kappa shape index (κ3) is 5.56. The molecule has 0 aromatic heterocycles. The summed E-state index contributed by atoms with van der Waals surface area (Å²) in [7, 11) is -3.93. The van der Waals surface area contributed by atoms with E-state index in [0.717, 1.165) is 24.3 Å². The van der Waals surface area contributed by atoms with Crippen molar-refractivity contribution in [2.45, 2.75) is 31.2 Å². The van der Waals surface area contributed by atoms with Gasteiger partial charge in [0.25, 0.3) is 0 Å². The number of halogens is 3. The average molecular weight is 341 g/mol. The summed E-state index contributed by atoms with van der Waals surface area (Å²) in [6.45, 7) is 4.01. The van der Waals surface area contributed by atoms with Crippen LogP contribution >= 0.6 is 0 Å². The number of rotatable bonds is 8. The van der Waals surface area contributed by atoms with E-state index in [1.165, 1.54) is 0 Å². The van der Waals surface area contributed by atoms with Crippen LogP contribution in [0.1, 0.15) is 19.4 Å². The molecule has 0 saturated carbocycles. The molecule has 1 aromatic rings. The van der Waals surface area contributed by atoms with Crippen LogP contribution in [-0.2, 0) is 25.7 Å². The Kier molecular flexibility index (Phi) is 6.79. The molecule has 0 heterocycles. The fourth-order valence-electron chi connectivity index (χ4n) is 1.62. The number of alkyl halides is 3. The zero-order valence-corrected chi connectivity index (χ0v) is 13.0. The van der Waals surface area contributed by atoms with Gasteiger partial charge in [-0.05, 0) is 38.1 Å². The lowest BCUT2D eigenvalue weighted by atomic mass is 10.2. The summed E-state index contributed by atoms with van der Waals surface area (Å²) in [5.74, 6) is 0. The van der Waals surface area contributed by atoms with Crippen molar-refractivity contribution >= 4 is 10.0 Å². The molecular formula is C13H18F3NO4S. The van der Waals surface area contributed by atoms with E-state index in [9.17, 15) is 21.6 Å². The van der Waals surface area contributed by atoms with Crippen LogP contribution in [0.3, 0.4) is 0 Å². The van der Waals surface area contributed by atoms with Gasteiger partial charge in [-0.1, -0.05) is 0 Å². The summed E-state index contributed by atoms with van der Waals surface area (Å²) >= 11 is 0. The van der Waals surface area contributed by atoms with Crippen LogP contribution in [0.15, 0.2) is 29.2 Å². The second-order valence-electron chi connectivity index (χ2n) is 4.21. The summed E-state index contributed by atoms with van der Waals surface area (Å²) in [5, 5.41) is 0. The quantitative estimate of drug-likeness (QED) is 0.738. The first-order chi connectivity index (χ1) is 10.2. The minimum Gasteiger partial charge on any atom is -0.352 e. The maximum atomic E-state index is 12.4. The van der Waals surface area contributed by atoms with Gasteiger partial charge >= 0.3 is 6.18 Å². The lowest BCUT2D eigenvalue weighted by Crippen LogP contribution is -2.35. The first-order valence-electron chi connectivity index (χ1n) is 6.60. The molecule has 0 radical (unpaired) electrons. The van der Waals surface area contributed by atoms with Gasteiger partial charge in [0.1, 0.15) is 0 Å². The number of hydrogen-bond acceptors (Lipinski definition) is 4. The largest absolute Gasteiger partial charge is 0.416 e. The van der Waals surface area contributed by atoms with Crippen molar-refractivity contribution in [3.05, 3.63) is 29.8 Å². The van der Waals surface area contributed by atoms with Gasteiger partial charge < -0.3 is 9.47 Å². The number of benzene rings is 1. The van der Waals surface area contributed by atoms with Gasteiger partial charge in [0, 0.05) is 13.2 Å². The Hall–Kier alpha value is -1.16. The van der Waals surface area contributed by atoms with E-state index in [2.05, 4.69) is 4.72 Å². The molecule has 0 bridgehead atoms. The molecule has 9 heteroatoms. The van der Waals surface area contributed by atoms with E-state index in [0.29, 0.717) is 13.2 Å². The lowest BCUT2D eigenvalue weighted by molar-refractivity contribution is -0.137. The fourth-order valence-corrected chi connectivity index (χ4v) is 2.64. The minimum atomic E-state index is -4.51. The summed E-state index contributed by atoms with van der Waals surface area (Å²) in [4.78, 5) is -0.257. The van der Waals surface area contributed by atoms with E-state index >= 15 is 0 Å². The normalized spacial score (nSPS) is 12.8. The zero-order valence-electron chi connectivity index (χ0n) is 12.2. The van der Waals surface area contributed by atoms with Crippen molar-refractivity contribution in [1.82, 2.24) is 4.72 Å². The molecule has 0 amide bonds. The first kappa shape index (κ1) is 18.9. The zero-order chi connectivity index (χ0) is 16.8. The van der Waals surface area contributed by atoms with E-state index in [-0.39, 0.29) is 11.4 Å². The van der Waals surface area contributed by atoms with Gasteiger partial charge in [0.2, 0.25) is 10.0 Å². The van der Waals surface area contributed by atoms with E-state index < -0.39 is 28.1 Å². The molecule has 22 heavy (non-hydrogen) atoms. The number of sulfonamides is 1. The van der Waals surface area contributed by atoms with E-state index in [1.807, 2.05) is 0 Å². The first-order valence-corrected chi connectivity index (χ1v) is 8.09. The molecule has 126 valence electrons. The third-order valence-electron chi connectivity index (χ3n) is 2.64. The van der Waals surface area contributed by atoms with Crippen LogP contribution in [-0.4, -0.2) is 34.5 Å². The molecule has 0 aliphatic carbocycles. The van der Waals surface area contributed by atoms with Gasteiger partial charge in [-0.25, -0.2) is 13.1 Å². The second kappa shape index (κ2) is 7.91. The molecule has 0 unspecified atom stereocenters. The van der Waals surface area contributed by atoms with Gasteiger partial charge in [0.05, 0.1) is 17.0 Å². The fraction of sp³-hybridized carbons (Fsp3) is 0.538. The summed E-state index contributed by atoms with van der Waals surface area (Å²) in [6, 6.07) is 3.25. The third-order valence-corrected chi connectivity index (χ3v) is 4.08. The molecule has 0 atom stereocenters. The Balaban J connectivity index is 2.77. The van der Waals surface area contributed by atoms with Crippen molar-refractivity contribution in [3.8, 4) is 0 Å². The Labute approximate surface area is 127 Å². The maximum absolute atomic E-state index is 12.4. The SMILES string of the molecule is CCOC(CNS(=O)(=O)c1ccc(C(F)(F)F)cc1)OCC. The van der Waals surface area contributed by atoms with Crippen molar-refractivity contribution in [3.63, 3.8) is 0 Å². The molecule has 1 aromatic carbocycles. The highest BCUT2D eigenvalue weighted by molar-refractivity contribution is 7.89. The molecule has 0 aliphatic heterocycles. The van der Waals surface area contributed by atoms with Crippen molar-refractivity contribution in [2.75, 3.05) is 19.8 Å². The van der Waals surface area contributed by atoms with E-state index in [4.69, 9.17) is 9.47 Å². The van der Waals surface area contributed by atoms with Gasteiger partial charge in [-0.15, -0.1) is 0 Å². The molecule has 0 spiro atoms. The highest BCUT2D eigenvalue weighted by atomic mass is 32.2. The highest BCUT2D eigenvalue weighted by Gasteiger charge is 2.30. The topological polar surface area (TPSA) is 64.6 Å². The molecule has 0 fully saturated rings. The second-order valence-corrected chi connectivity index (χ2v) is 5.98. The Bertz CT molecular complexity index is 552.